The normalized spacial score (nSPS) is 35.6. The van der Waals surface area contributed by atoms with E-state index >= 15 is 0 Å². The van der Waals surface area contributed by atoms with Crippen molar-refractivity contribution in [3.05, 3.63) is 0 Å². The predicted octanol–water partition coefficient (Wildman–Crippen LogP) is 1.24. The summed E-state index contributed by atoms with van der Waals surface area (Å²) < 4.78 is 0. The Bertz CT molecular complexity index is 342. The second-order valence-corrected chi connectivity index (χ2v) is 6.19. The molecule has 4 nitrogen and oxygen atoms in total. The smallest absolute Gasteiger partial charge is 0.223 e. The van der Waals surface area contributed by atoms with Crippen LogP contribution < -0.4 is 10.4 Å². The number of carbonyl (C=O) groups excluding carboxylic acids is 2. The molecule has 0 heterocycles. The Morgan fingerprint density at radius 2 is 1.53 bits per heavy atom. The molecule has 2 aliphatic rings. The number of nitrogens with one attached hydrogen (secondary N) is 1. The summed E-state index contributed by atoms with van der Waals surface area (Å²) in [6.07, 6.45) is 7.67. The van der Waals surface area contributed by atoms with Crippen molar-refractivity contribution in [2.24, 2.45) is 17.8 Å². The number of hydrogen-bond donors (Lipinski definition) is 1. The fourth-order valence-corrected chi connectivity index (χ4v) is 3.55. The first-order chi connectivity index (χ1) is 9.09. The quantitative estimate of drug-likeness (QED) is 0.835. The van der Waals surface area contributed by atoms with Crippen LogP contribution in [0.1, 0.15) is 58.3 Å². The summed E-state index contributed by atoms with van der Waals surface area (Å²) in [7, 11) is 0. The lowest BCUT2D eigenvalue weighted by molar-refractivity contribution is -0.314. The van der Waals surface area contributed by atoms with Crippen molar-refractivity contribution in [3.8, 4) is 0 Å². The summed E-state index contributed by atoms with van der Waals surface area (Å²) >= 11 is 0. The van der Waals surface area contributed by atoms with Crippen molar-refractivity contribution in [1.82, 2.24) is 5.32 Å². The number of carbonyl (C=O) groups is 2. The first kappa shape index (κ1) is 14.4. The van der Waals surface area contributed by atoms with Gasteiger partial charge in [0, 0.05) is 23.8 Å². The highest BCUT2D eigenvalue weighted by Crippen LogP contribution is 2.31. The largest absolute Gasteiger partial charge is 0.550 e. The summed E-state index contributed by atoms with van der Waals surface area (Å²) in [6, 6.07) is 0.227. The number of rotatable bonds is 3. The fraction of sp³-hybridized carbons (Fsp3) is 0.867. The minimum absolute atomic E-state index is 0.0624. The Morgan fingerprint density at radius 1 is 0.947 bits per heavy atom. The molecular formula is C15H24NO3-. The topological polar surface area (TPSA) is 69.2 Å². The van der Waals surface area contributed by atoms with Crippen LogP contribution in [0.25, 0.3) is 0 Å². The lowest BCUT2D eigenvalue weighted by atomic mass is 9.78. The highest BCUT2D eigenvalue weighted by Gasteiger charge is 2.33. The van der Waals surface area contributed by atoms with Crippen molar-refractivity contribution >= 4 is 11.9 Å². The number of carboxylic acid groups (broad SMARTS) is 1. The van der Waals surface area contributed by atoms with Gasteiger partial charge in [0.25, 0.3) is 0 Å². The zero-order valence-electron chi connectivity index (χ0n) is 11.7. The maximum absolute atomic E-state index is 12.3. The molecule has 0 bridgehead atoms. The van der Waals surface area contributed by atoms with Crippen LogP contribution in [-0.2, 0) is 9.59 Å². The van der Waals surface area contributed by atoms with Crippen molar-refractivity contribution in [2.75, 3.05) is 0 Å². The van der Waals surface area contributed by atoms with E-state index in [4.69, 9.17) is 0 Å². The molecule has 0 radical (unpaired) electrons. The molecule has 108 valence electrons. The van der Waals surface area contributed by atoms with Crippen LogP contribution in [-0.4, -0.2) is 17.9 Å². The van der Waals surface area contributed by atoms with Gasteiger partial charge in [-0.15, -0.1) is 0 Å². The molecule has 0 aromatic heterocycles. The third-order valence-corrected chi connectivity index (χ3v) is 4.84. The van der Waals surface area contributed by atoms with Crippen LogP contribution in [0.5, 0.6) is 0 Å². The molecule has 0 saturated heterocycles. The van der Waals surface area contributed by atoms with Crippen LogP contribution in [0, 0.1) is 17.8 Å². The van der Waals surface area contributed by atoms with E-state index in [9.17, 15) is 14.7 Å². The van der Waals surface area contributed by atoms with Crippen molar-refractivity contribution in [3.63, 3.8) is 0 Å². The van der Waals surface area contributed by atoms with Gasteiger partial charge in [-0.05, 0) is 31.6 Å². The molecule has 2 saturated carbocycles. The van der Waals surface area contributed by atoms with Gasteiger partial charge >= 0.3 is 0 Å². The van der Waals surface area contributed by atoms with E-state index in [1.54, 1.807) is 0 Å². The maximum Gasteiger partial charge on any atom is 0.223 e. The third-order valence-electron chi connectivity index (χ3n) is 4.84. The van der Waals surface area contributed by atoms with Gasteiger partial charge in [0.1, 0.15) is 0 Å². The van der Waals surface area contributed by atoms with E-state index in [2.05, 4.69) is 12.2 Å². The molecule has 0 unspecified atom stereocenters. The molecule has 4 atom stereocenters. The molecule has 2 rings (SSSR count). The summed E-state index contributed by atoms with van der Waals surface area (Å²) in [5.74, 6) is -1.59. The Balaban J connectivity index is 1.95. The Hall–Kier alpha value is -1.06. The molecule has 2 fully saturated rings. The van der Waals surface area contributed by atoms with Gasteiger partial charge in [0.15, 0.2) is 0 Å². The molecule has 1 amide bonds. The molecule has 0 aromatic rings. The van der Waals surface area contributed by atoms with E-state index < -0.39 is 11.9 Å². The summed E-state index contributed by atoms with van der Waals surface area (Å²) in [6.45, 7) is 2.17. The van der Waals surface area contributed by atoms with E-state index in [0.29, 0.717) is 18.8 Å². The van der Waals surface area contributed by atoms with Crippen molar-refractivity contribution in [2.45, 2.75) is 64.3 Å². The molecule has 0 aromatic carbocycles. The summed E-state index contributed by atoms with van der Waals surface area (Å²) in [5, 5.41) is 14.2. The highest BCUT2D eigenvalue weighted by molar-refractivity contribution is 5.84. The van der Waals surface area contributed by atoms with Crippen molar-refractivity contribution < 1.29 is 14.7 Å². The molecule has 0 spiro atoms. The number of amides is 1. The zero-order chi connectivity index (χ0) is 13.8. The minimum Gasteiger partial charge on any atom is -0.550 e. The van der Waals surface area contributed by atoms with Gasteiger partial charge in [-0.3, -0.25) is 4.79 Å². The Kier molecular flexibility index (Phi) is 4.83. The monoisotopic (exact) mass is 266 g/mol. The van der Waals surface area contributed by atoms with Gasteiger partial charge in [-0.25, -0.2) is 0 Å². The van der Waals surface area contributed by atoms with Gasteiger partial charge in [-0.1, -0.05) is 32.6 Å². The predicted molar refractivity (Wildman–Crippen MR) is 70.0 cm³/mol. The molecule has 19 heavy (non-hydrogen) atoms. The molecule has 0 aliphatic heterocycles. The highest BCUT2D eigenvalue weighted by atomic mass is 16.4. The third kappa shape index (κ3) is 3.48. The number of aliphatic carboxylic acids is 1. The second-order valence-electron chi connectivity index (χ2n) is 6.19. The molecule has 2 aliphatic carbocycles. The SMILES string of the molecule is C[C@@H]1CCCC[C@H]1NC(=O)[C@@H]1CCCC[C@@H]1C(=O)[O-]. The first-order valence-corrected chi connectivity index (χ1v) is 7.61. The standard InChI is InChI=1S/C15H25NO3/c1-10-6-2-5-9-13(10)16-14(17)11-7-3-4-8-12(11)15(18)19/h10-13H,2-9H2,1H3,(H,16,17)(H,18,19)/p-1/t10-,11-,12+,13-/m1/s1. The second kappa shape index (κ2) is 6.40. The lowest BCUT2D eigenvalue weighted by Gasteiger charge is -2.35. The van der Waals surface area contributed by atoms with Crippen molar-refractivity contribution in [1.29, 1.82) is 0 Å². The lowest BCUT2D eigenvalue weighted by Crippen LogP contribution is -2.49. The zero-order valence-corrected chi connectivity index (χ0v) is 11.7. The van der Waals surface area contributed by atoms with E-state index in [-0.39, 0.29) is 17.9 Å². The van der Waals surface area contributed by atoms with Crippen LogP contribution in [0.15, 0.2) is 0 Å². The van der Waals surface area contributed by atoms with Crippen LogP contribution in [0.4, 0.5) is 0 Å². The van der Waals surface area contributed by atoms with Crippen LogP contribution in [0.3, 0.4) is 0 Å². The maximum atomic E-state index is 12.3. The number of carboxylic acids is 1. The van der Waals surface area contributed by atoms with E-state index in [1.165, 1.54) is 6.42 Å². The van der Waals surface area contributed by atoms with Gasteiger partial charge in [0.05, 0.1) is 0 Å². The Morgan fingerprint density at radius 3 is 2.16 bits per heavy atom. The molecule has 4 heteroatoms. The molecular weight excluding hydrogens is 242 g/mol. The van der Waals surface area contributed by atoms with Crippen LogP contribution in [0.2, 0.25) is 0 Å². The van der Waals surface area contributed by atoms with E-state index in [1.807, 2.05) is 0 Å². The first-order valence-electron chi connectivity index (χ1n) is 7.61. The van der Waals surface area contributed by atoms with E-state index in [0.717, 1.165) is 32.1 Å². The summed E-state index contributed by atoms with van der Waals surface area (Å²) in [4.78, 5) is 23.5. The average Bonchev–Trinajstić information content (AvgIpc) is 2.41. The van der Waals surface area contributed by atoms with Gasteiger partial charge in [-0.2, -0.15) is 0 Å². The molecule has 1 N–H and O–H groups in total. The number of hydrogen-bond acceptors (Lipinski definition) is 3. The fourth-order valence-electron chi connectivity index (χ4n) is 3.55. The minimum atomic E-state index is -1.06. The Labute approximate surface area is 115 Å². The van der Waals surface area contributed by atoms with Gasteiger partial charge in [0.2, 0.25) is 5.91 Å². The summed E-state index contributed by atoms with van der Waals surface area (Å²) in [5.41, 5.74) is 0. The average molecular weight is 266 g/mol. The van der Waals surface area contributed by atoms with Gasteiger partial charge < -0.3 is 15.2 Å². The van der Waals surface area contributed by atoms with Crippen LogP contribution >= 0.6 is 0 Å².